The second-order valence-electron chi connectivity index (χ2n) is 0.801. The molecule has 2 nitrogen and oxygen atoms in total. The van der Waals surface area contributed by atoms with Crippen molar-refractivity contribution in [1.29, 1.82) is 0 Å². The average Bonchev–Trinajstić information content (AvgIpc) is 1.41. The molecular weight excluding hydrogens is 103 g/mol. The lowest BCUT2D eigenvalue weighted by Gasteiger charge is -1.79. The summed E-state index contributed by atoms with van der Waals surface area (Å²) in [6.45, 7) is 0.188. The fourth-order valence-electron chi connectivity index (χ4n) is 0.0707. The van der Waals surface area contributed by atoms with Crippen molar-refractivity contribution in [2.75, 3.05) is 13.2 Å². The Morgan fingerprint density at radius 1 is 1.00 bits per heavy atom. The van der Waals surface area contributed by atoms with Crippen LogP contribution in [0.1, 0.15) is 6.42 Å². The Kier molecular flexibility index (Phi) is 14.2. The van der Waals surface area contributed by atoms with Gasteiger partial charge in [-0.25, -0.2) is 0 Å². The largest absolute Gasteiger partial charge is 0.396 e. The number of hydrogen-bond donors (Lipinski definition) is 2. The highest BCUT2D eigenvalue weighted by molar-refractivity contribution is 5.85. The summed E-state index contributed by atoms with van der Waals surface area (Å²) in [6, 6.07) is 0. The van der Waals surface area contributed by atoms with Crippen LogP contribution in [0.15, 0.2) is 0 Å². The van der Waals surface area contributed by atoms with Crippen LogP contribution in [0, 0.1) is 0 Å². The molecule has 0 aliphatic rings. The van der Waals surface area contributed by atoms with E-state index in [0.29, 0.717) is 6.42 Å². The van der Waals surface area contributed by atoms with Gasteiger partial charge in [-0.15, -0.1) is 12.4 Å². The van der Waals surface area contributed by atoms with Gasteiger partial charge >= 0.3 is 0 Å². The van der Waals surface area contributed by atoms with E-state index in [9.17, 15) is 0 Å². The van der Waals surface area contributed by atoms with E-state index in [-0.39, 0.29) is 25.6 Å². The molecular formula is C3H9ClO2. The fourth-order valence-corrected chi connectivity index (χ4v) is 0.0707. The van der Waals surface area contributed by atoms with Crippen molar-refractivity contribution in [2.45, 2.75) is 6.42 Å². The predicted octanol–water partition coefficient (Wildman–Crippen LogP) is -0.217. The highest BCUT2D eigenvalue weighted by Gasteiger charge is 1.70. The molecule has 0 rings (SSSR count). The average molecular weight is 113 g/mol. The van der Waals surface area contributed by atoms with Crippen molar-refractivity contribution in [3.8, 4) is 0 Å². The zero-order valence-corrected chi connectivity index (χ0v) is 4.24. The van der Waals surface area contributed by atoms with E-state index in [4.69, 9.17) is 10.2 Å². The lowest BCUT2D eigenvalue weighted by atomic mass is 10.5. The van der Waals surface area contributed by atoms with E-state index in [1.54, 1.807) is 0 Å². The fraction of sp³-hybridized carbons (Fsp3) is 1.00. The lowest BCUT2D eigenvalue weighted by molar-refractivity contribution is 0.221. The highest BCUT2D eigenvalue weighted by atomic mass is 35.5. The van der Waals surface area contributed by atoms with E-state index in [0.717, 1.165) is 0 Å². The van der Waals surface area contributed by atoms with Gasteiger partial charge in [0.25, 0.3) is 0 Å². The first kappa shape index (κ1) is 9.51. The zero-order chi connectivity index (χ0) is 4.12. The van der Waals surface area contributed by atoms with Gasteiger partial charge in [-0.05, 0) is 6.42 Å². The van der Waals surface area contributed by atoms with Gasteiger partial charge < -0.3 is 10.2 Å². The molecule has 0 bridgehead atoms. The van der Waals surface area contributed by atoms with Crippen LogP contribution < -0.4 is 0 Å². The maximum atomic E-state index is 7.91. The van der Waals surface area contributed by atoms with Gasteiger partial charge in [-0.3, -0.25) is 0 Å². The first-order valence-electron chi connectivity index (χ1n) is 1.63. The number of rotatable bonds is 2. The molecule has 0 heterocycles. The molecule has 0 unspecified atom stereocenters. The van der Waals surface area contributed by atoms with Gasteiger partial charge in [0.15, 0.2) is 0 Å². The zero-order valence-electron chi connectivity index (χ0n) is 3.42. The van der Waals surface area contributed by atoms with Crippen LogP contribution in [0.4, 0.5) is 0 Å². The van der Waals surface area contributed by atoms with Crippen LogP contribution in [0.5, 0.6) is 0 Å². The normalized spacial score (nSPS) is 7.00. The van der Waals surface area contributed by atoms with Gasteiger partial charge in [-0.1, -0.05) is 0 Å². The molecule has 40 valence electrons. The summed E-state index contributed by atoms with van der Waals surface area (Å²) in [5, 5.41) is 15.8. The Hall–Kier alpha value is 0.210. The summed E-state index contributed by atoms with van der Waals surface area (Å²) >= 11 is 0. The number of hydrogen-bond acceptors (Lipinski definition) is 2. The lowest BCUT2D eigenvalue weighted by Crippen LogP contribution is -1.85. The van der Waals surface area contributed by atoms with Gasteiger partial charge in [-0.2, -0.15) is 0 Å². The summed E-state index contributed by atoms with van der Waals surface area (Å²) in [5.41, 5.74) is 0. The summed E-state index contributed by atoms with van der Waals surface area (Å²) < 4.78 is 0. The predicted molar refractivity (Wildman–Crippen MR) is 26.0 cm³/mol. The minimum atomic E-state index is 0. The molecule has 0 fully saturated rings. The number of aliphatic hydroxyl groups is 2. The van der Waals surface area contributed by atoms with Crippen molar-refractivity contribution in [1.82, 2.24) is 0 Å². The van der Waals surface area contributed by atoms with Crippen LogP contribution in [-0.2, 0) is 0 Å². The Bertz CT molecular complexity index is 16.3. The summed E-state index contributed by atoms with van der Waals surface area (Å²) in [4.78, 5) is 0. The molecule has 0 atom stereocenters. The standard InChI is InChI=1S/C3H8O2.ClH/c4-2-1-3-5;/h4-5H,1-3H2;1H. The van der Waals surface area contributed by atoms with Gasteiger partial charge in [0.2, 0.25) is 0 Å². The second kappa shape index (κ2) is 8.96. The smallest absolute Gasteiger partial charge is 0.0452 e. The van der Waals surface area contributed by atoms with Gasteiger partial charge in [0.1, 0.15) is 0 Å². The van der Waals surface area contributed by atoms with E-state index in [2.05, 4.69) is 0 Å². The molecule has 0 aromatic carbocycles. The third-order valence-electron chi connectivity index (χ3n) is 0.316. The van der Waals surface area contributed by atoms with Crippen LogP contribution in [-0.4, -0.2) is 23.4 Å². The Morgan fingerprint density at radius 2 is 1.33 bits per heavy atom. The number of halogens is 1. The van der Waals surface area contributed by atoms with Crippen molar-refractivity contribution < 1.29 is 10.2 Å². The second-order valence-corrected chi connectivity index (χ2v) is 0.801. The molecule has 0 aromatic heterocycles. The van der Waals surface area contributed by atoms with Crippen LogP contribution in [0.25, 0.3) is 0 Å². The third-order valence-corrected chi connectivity index (χ3v) is 0.316. The Labute approximate surface area is 43.2 Å². The maximum Gasteiger partial charge on any atom is 0.0452 e. The van der Waals surface area contributed by atoms with Crippen molar-refractivity contribution >= 4 is 12.4 Å². The molecule has 6 heavy (non-hydrogen) atoms. The van der Waals surface area contributed by atoms with E-state index in [1.165, 1.54) is 0 Å². The Morgan fingerprint density at radius 3 is 1.33 bits per heavy atom. The molecule has 0 saturated carbocycles. The molecule has 3 heteroatoms. The van der Waals surface area contributed by atoms with E-state index < -0.39 is 0 Å². The SMILES string of the molecule is Cl.OCCCO. The Balaban J connectivity index is 0. The summed E-state index contributed by atoms with van der Waals surface area (Å²) in [6.07, 6.45) is 0.500. The van der Waals surface area contributed by atoms with E-state index >= 15 is 0 Å². The van der Waals surface area contributed by atoms with Crippen molar-refractivity contribution in [3.63, 3.8) is 0 Å². The van der Waals surface area contributed by atoms with Crippen molar-refractivity contribution in [3.05, 3.63) is 0 Å². The quantitative estimate of drug-likeness (QED) is 0.519. The first-order valence-corrected chi connectivity index (χ1v) is 1.63. The molecule has 0 aromatic rings. The van der Waals surface area contributed by atoms with E-state index in [1.807, 2.05) is 0 Å². The van der Waals surface area contributed by atoms with Gasteiger partial charge in [0, 0.05) is 13.2 Å². The molecule has 0 amide bonds. The first-order chi connectivity index (χ1) is 2.41. The molecule has 2 N–H and O–H groups in total. The topological polar surface area (TPSA) is 40.5 Å². The molecule has 0 spiro atoms. The molecule has 0 aliphatic carbocycles. The third kappa shape index (κ3) is 8.88. The monoisotopic (exact) mass is 112 g/mol. The van der Waals surface area contributed by atoms with Crippen molar-refractivity contribution in [2.24, 2.45) is 0 Å². The molecule has 0 aliphatic heterocycles. The van der Waals surface area contributed by atoms with Crippen LogP contribution >= 0.6 is 12.4 Å². The van der Waals surface area contributed by atoms with Crippen LogP contribution in [0.2, 0.25) is 0 Å². The van der Waals surface area contributed by atoms with Gasteiger partial charge in [0.05, 0.1) is 0 Å². The van der Waals surface area contributed by atoms with Crippen LogP contribution in [0.3, 0.4) is 0 Å². The number of aliphatic hydroxyl groups excluding tert-OH is 2. The highest BCUT2D eigenvalue weighted by Crippen LogP contribution is 1.65. The summed E-state index contributed by atoms with van der Waals surface area (Å²) in [7, 11) is 0. The minimum absolute atomic E-state index is 0. The molecule has 0 radical (unpaired) electrons. The maximum absolute atomic E-state index is 7.91. The summed E-state index contributed by atoms with van der Waals surface area (Å²) in [5.74, 6) is 0. The molecule has 0 saturated heterocycles. The minimum Gasteiger partial charge on any atom is -0.396 e.